The third-order valence-corrected chi connectivity index (χ3v) is 8.14. The summed E-state index contributed by atoms with van der Waals surface area (Å²) in [6, 6.07) is 24.1. The van der Waals surface area contributed by atoms with Crippen LogP contribution in [0.4, 0.5) is 10.2 Å². The SMILES string of the molecule is Cc1ccc(Cc2nc(N3CCCN(C(=O)C(Cl)c4ccccc4)CC3)c3c(C)nn(-c4ccc(F)cc4)c3n2)cc1. The van der Waals surface area contributed by atoms with Gasteiger partial charge in [0.2, 0.25) is 5.91 Å². The lowest BCUT2D eigenvalue weighted by Gasteiger charge is -2.25. The van der Waals surface area contributed by atoms with E-state index in [4.69, 9.17) is 26.7 Å². The van der Waals surface area contributed by atoms with Crippen LogP contribution < -0.4 is 4.90 Å². The number of fused-ring (bicyclic) bond motifs is 1. The van der Waals surface area contributed by atoms with Gasteiger partial charge in [0, 0.05) is 32.6 Å². The Morgan fingerprint density at radius 2 is 1.64 bits per heavy atom. The highest BCUT2D eigenvalue weighted by Gasteiger charge is 2.28. The Balaban J connectivity index is 1.35. The van der Waals surface area contributed by atoms with Crippen LogP contribution in [0.2, 0.25) is 0 Å². The number of nitrogens with zero attached hydrogens (tertiary/aromatic N) is 6. The standard InChI is InChI=1S/C33H32ClFN6O/c1-22-9-11-24(12-10-22)21-28-36-31(29-23(2)38-41(32(29)37-28)27-15-13-26(35)14-16-27)39-17-6-18-40(20-19-39)33(42)30(34)25-7-4-3-5-8-25/h3-5,7-16,30H,6,17-21H2,1-2H3. The Bertz CT molecular complexity index is 1710. The predicted octanol–water partition coefficient (Wildman–Crippen LogP) is 6.18. The van der Waals surface area contributed by atoms with Crippen LogP contribution >= 0.6 is 11.6 Å². The fourth-order valence-corrected chi connectivity index (χ4v) is 5.72. The minimum Gasteiger partial charge on any atom is -0.354 e. The molecule has 0 bridgehead atoms. The molecule has 7 nitrogen and oxygen atoms in total. The molecule has 1 fully saturated rings. The summed E-state index contributed by atoms with van der Waals surface area (Å²) in [6.45, 7) is 6.47. The van der Waals surface area contributed by atoms with Gasteiger partial charge in [0.15, 0.2) is 5.65 Å². The van der Waals surface area contributed by atoms with E-state index >= 15 is 0 Å². The molecule has 1 amide bonds. The highest BCUT2D eigenvalue weighted by atomic mass is 35.5. The number of amides is 1. The number of carbonyl (C=O) groups excluding carboxylic acids is 1. The third kappa shape index (κ3) is 5.72. The summed E-state index contributed by atoms with van der Waals surface area (Å²) in [6.07, 6.45) is 1.33. The van der Waals surface area contributed by atoms with Crippen molar-refractivity contribution in [3.05, 3.63) is 113 Å². The highest BCUT2D eigenvalue weighted by molar-refractivity contribution is 6.30. The van der Waals surface area contributed by atoms with Gasteiger partial charge in [0.1, 0.15) is 22.8 Å². The molecule has 1 saturated heterocycles. The molecule has 0 saturated carbocycles. The Morgan fingerprint density at radius 3 is 2.38 bits per heavy atom. The molecule has 3 aromatic carbocycles. The number of aromatic nitrogens is 4. The van der Waals surface area contributed by atoms with E-state index in [-0.39, 0.29) is 11.7 Å². The number of anilines is 1. The molecule has 9 heteroatoms. The van der Waals surface area contributed by atoms with E-state index in [0.717, 1.165) is 46.7 Å². The van der Waals surface area contributed by atoms with Crippen LogP contribution in [0.5, 0.6) is 0 Å². The number of alkyl halides is 1. The van der Waals surface area contributed by atoms with Crippen molar-refractivity contribution in [3.8, 4) is 5.69 Å². The molecule has 3 heterocycles. The molecule has 1 aliphatic heterocycles. The van der Waals surface area contributed by atoms with E-state index in [1.165, 1.54) is 17.7 Å². The Labute approximate surface area is 249 Å². The van der Waals surface area contributed by atoms with Gasteiger partial charge in [-0.05, 0) is 55.7 Å². The summed E-state index contributed by atoms with van der Waals surface area (Å²) in [5, 5.41) is 4.94. The largest absolute Gasteiger partial charge is 0.354 e. The average Bonchev–Trinajstić information content (AvgIpc) is 3.17. The molecule has 5 aromatic rings. The van der Waals surface area contributed by atoms with E-state index in [1.54, 1.807) is 16.8 Å². The summed E-state index contributed by atoms with van der Waals surface area (Å²) in [4.78, 5) is 27.5. The van der Waals surface area contributed by atoms with Gasteiger partial charge in [0.25, 0.3) is 0 Å². The van der Waals surface area contributed by atoms with Crippen LogP contribution in [-0.4, -0.2) is 56.7 Å². The van der Waals surface area contributed by atoms with Gasteiger partial charge < -0.3 is 9.80 Å². The van der Waals surface area contributed by atoms with Gasteiger partial charge >= 0.3 is 0 Å². The van der Waals surface area contributed by atoms with E-state index in [9.17, 15) is 9.18 Å². The van der Waals surface area contributed by atoms with E-state index in [2.05, 4.69) is 36.1 Å². The van der Waals surface area contributed by atoms with Crippen molar-refractivity contribution in [2.75, 3.05) is 31.1 Å². The molecule has 1 aliphatic rings. The molecular weight excluding hydrogens is 551 g/mol. The molecular formula is C33H32ClFN6O. The first-order valence-electron chi connectivity index (χ1n) is 14.2. The summed E-state index contributed by atoms with van der Waals surface area (Å²) < 4.78 is 15.5. The van der Waals surface area contributed by atoms with Crippen LogP contribution in [0.15, 0.2) is 78.9 Å². The zero-order chi connectivity index (χ0) is 29.2. The monoisotopic (exact) mass is 582 g/mol. The van der Waals surface area contributed by atoms with Gasteiger partial charge in [-0.1, -0.05) is 60.2 Å². The van der Waals surface area contributed by atoms with Crippen LogP contribution in [0, 0.1) is 19.7 Å². The van der Waals surface area contributed by atoms with Crippen LogP contribution in [-0.2, 0) is 11.2 Å². The molecule has 1 unspecified atom stereocenters. The van der Waals surface area contributed by atoms with Crippen molar-refractivity contribution in [1.82, 2.24) is 24.6 Å². The second-order valence-corrected chi connectivity index (χ2v) is 11.2. The minimum absolute atomic E-state index is 0.0853. The molecule has 6 rings (SSSR count). The lowest BCUT2D eigenvalue weighted by molar-refractivity contribution is -0.130. The molecule has 0 N–H and O–H groups in total. The fourth-order valence-electron chi connectivity index (χ4n) is 5.44. The van der Waals surface area contributed by atoms with Crippen molar-refractivity contribution in [2.45, 2.75) is 32.1 Å². The number of hydrogen-bond acceptors (Lipinski definition) is 5. The minimum atomic E-state index is -0.721. The molecule has 0 aliphatic carbocycles. The predicted molar refractivity (Wildman–Crippen MR) is 164 cm³/mol. The van der Waals surface area contributed by atoms with E-state index in [0.29, 0.717) is 37.5 Å². The highest BCUT2D eigenvalue weighted by Crippen LogP contribution is 2.31. The first kappa shape index (κ1) is 27.8. The normalized spacial score (nSPS) is 14.7. The molecule has 1 atom stereocenters. The number of benzene rings is 3. The molecule has 0 spiro atoms. The summed E-state index contributed by atoms with van der Waals surface area (Å²) >= 11 is 6.61. The average molecular weight is 583 g/mol. The third-order valence-electron chi connectivity index (χ3n) is 7.70. The second-order valence-electron chi connectivity index (χ2n) is 10.7. The number of hydrogen-bond donors (Lipinski definition) is 0. The van der Waals surface area contributed by atoms with Gasteiger partial charge in [-0.25, -0.2) is 19.0 Å². The summed E-state index contributed by atoms with van der Waals surface area (Å²) in [5.74, 6) is 1.08. The number of halogens is 2. The Morgan fingerprint density at radius 1 is 0.905 bits per heavy atom. The van der Waals surface area contributed by atoms with Gasteiger partial charge in [-0.3, -0.25) is 4.79 Å². The quantitative estimate of drug-likeness (QED) is 0.224. The van der Waals surface area contributed by atoms with Crippen molar-refractivity contribution in [2.24, 2.45) is 0 Å². The van der Waals surface area contributed by atoms with E-state index < -0.39 is 5.38 Å². The topological polar surface area (TPSA) is 67.2 Å². The van der Waals surface area contributed by atoms with Gasteiger partial charge in [-0.15, -0.1) is 11.6 Å². The van der Waals surface area contributed by atoms with Crippen molar-refractivity contribution in [1.29, 1.82) is 0 Å². The first-order valence-corrected chi connectivity index (χ1v) is 14.6. The van der Waals surface area contributed by atoms with Crippen molar-refractivity contribution < 1.29 is 9.18 Å². The summed E-state index contributed by atoms with van der Waals surface area (Å²) in [7, 11) is 0. The van der Waals surface area contributed by atoms with Gasteiger partial charge in [-0.2, -0.15) is 5.10 Å². The maximum absolute atomic E-state index is 13.7. The van der Waals surface area contributed by atoms with Crippen molar-refractivity contribution in [3.63, 3.8) is 0 Å². The number of rotatable bonds is 6. The zero-order valence-electron chi connectivity index (χ0n) is 23.7. The zero-order valence-corrected chi connectivity index (χ0v) is 24.4. The second kappa shape index (κ2) is 11.9. The first-order chi connectivity index (χ1) is 20.4. The number of carbonyl (C=O) groups is 1. The molecule has 42 heavy (non-hydrogen) atoms. The smallest absolute Gasteiger partial charge is 0.245 e. The molecule has 214 valence electrons. The van der Waals surface area contributed by atoms with Crippen LogP contribution in [0.25, 0.3) is 16.7 Å². The Hall–Kier alpha value is -4.30. The summed E-state index contributed by atoms with van der Waals surface area (Å²) in [5.41, 5.74) is 5.28. The number of aryl methyl sites for hydroxylation is 2. The van der Waals surface area contributed by atoms with Crippen LogP contribution in [0.1, 0.15) is 40.0 Å². The van der Waals surface area contributed by atoms with Crippen LogP contribution in [0.3, 0.4) is 0 Å². The lowest BCUT2D eigenvalue weighted by Crippen LogP contribution is -2.37. The van der Waals surface area contributed by atoms with Gasteiger partial charge in [0.05, 0.1) is 16.8 Å². The molecule has 2 aromatic heterocycles. The maximum Gasteiger partial charge on any atom is 0.245 e. The maximum atomic E-state index is 13.7. The van der Waals surface area contributed by atoms with E-state index in [1.807, 2.05) is 42.2 Å². The Kier molecular flexibility index (Phi) is 7.89. The molecule has 0 radical (unpaired) electrons. The fraction of sp³-hybridized carbons (Fsp3) is 0.273. The lowest BCUT2D eigenvalue weighted by atomic mass is 10.1. The van der Waals surface area contributed by atoms with Crippen molar-refractivity contribution >= 4 is 34.4 Å².